The van der Waals surface area contributed by atoms with Gasteiger partial charge in [0.15, 0.2) is 6.61 Å². The Morgan fingerprint density at radius 1 is 1.00 bits per heavy atom. The molecule has 0 aromatic heterocycles. The maximum atomic E-state index is 12.9. The Balaban J connectivity index is 1.78. The number of carbonyl (C=O) groups is 2. The van der Waals surface area contributed by atoms with Crippen LogP contribution in [0.2, 0.25) is 5.02 Å². The number of halogens is 5. The number of benzene rings is 2. The summed E-state index contributed by atoms with van der Waals surface area (Å²) in [5.74, 6) is -1.79. The van der Waals surface area contributed by atoms with Crippen LogP contribution in [0.25, 0.3) is 0 Å². The Hall–Kier alpha value is -2.90. The number of alkyl halides is 3. The lowest BCUT2D eigenvalue weighted by Gasteiger charge is -2.12. The lowest BCUT2D eigenvalue weighted by atomic mass is 10.2. The molecule has 0 saturated heterocycles. The molecule has 0 unspecified atom stereocenters. The van der Waals surface area contributed by atoms with E-state index in [-0.39, 0.29) is 5.75 Å². The van der Waals surface area contributed by atoms with Crippen molar-refractivity contribution in [3.63, 3.8) is 0 Å². The van der Waals surface area contributed by atoms with Crippen LogP contribution in [-0.2, 0) is 25.8 Å². The van der Waals surface area contributed by atoms with E-state index in [1.807, 2.05) is 15.6 Å². The van der Waals surface area contributed by atoms with Crippen molar-refractivity contribution >= 4 is 33.4 Å². The van der Waals surface area contributed by atoms with Gasteiger partial charge in [-0.05, 0) is 42.5 Å². The Morgan fingerprint density at radius 3 is 2.25 bits per heavy atom. The third-order valence-electron chi connectivity index (χ3n) is 3.72. The van der Waals surface area contributed by atoms with Crippen molar-refractivity contribution in [3.05, 3.63) is 58.9 Å². The normalized spacial score (nSPS) is 11.7. The summed E-state index contributed by atoms with van der Waals surface area (Å²) in [5.41, 5.74) is 2.72. The van der Waals surface area contributed by atoms with E-state index in [9.17, 15) is 35.6 Å². The fourth-order valence-electron chi connectivity index (χ4n) is 2.19. The van der Waals surface area contributed by atoms with Gasteiger partial charge in [-0.1, -0.05) is 11.6 Å². The second-order valence-corrected chi connectivity index (χ2v) is 8.30. The molecule has 0 radical (unpaired) electrons. The third-order valence-corrected chi connectivity index (χ3v) is 5.51. The van der Waals surface area contributed by atoms with E-state index in [1.165, 1.54) is 12.1 Å². The van der Waals surface area contributed by atoms with E-state index in [1.54, 1.807) is 0 Å². The quantitative estimate of drug-likeness (QED) is 0.383. The Kier molecular flexibility index (Phi) is 8.41. The average molecular weight is 498 g/mol. The molecular weight excluding hydrogens is 482 g/mol. The van der Waals surface area contributed by atoms with Gasteiger partial charge in [-0.2, -0.15) is 13.2 Å². The fourth-order valence-corrected chi connectivity index (χ4v) is 3.47. The van der Waals surface area contributed by atoms with Crippen LogP contribution < -0.4 is 20.3 Å². The van der Waals surface area contributed by atoms with Gasteiger partial charge in [-0.25, -0.2) is 17.5 Å². The molecule has 0 heterocycles. The van der Waals surface area contributed by atoms with E-state index in [0.29, 0.717) is 6.07 Å². The van der Waals surface area contributed by atoms with Crippen LogP contribution in [0.1, 0.15) is 12.0 Å². The van der Waals surface area contributed by atoms with Gasteiger partial charge in [-0.15, -0.1) is 0 Å². The lowest BCUT2D eigenvalue weighted by molar-refractivity contribution is -0.137. The first-order valence-electron chi connectivity index (χ1n) is 8.71. The summed E-state index contributed by atoms with van der Waals surface area (Å²) in [7, 11) is -4.35. The summed E-state index contributed by atoms with van der Waals surface area (Å²) in [6, 6.07) is 6.92. The zero-order valence-electron chi connectivity index (χ0n) is 16.0. The number of hydrazine groups is 1. The zero-order valence-corrected chi connectivity index (χ0v) is 17.6. The molecule has 0 bridgehead atoms. The van der Waals surface area contributed by atoms with Crippen molar-refractivity contribution in [2.45, 2.75) is 17.5 Å². The van der Waals surface area contributed by atoms with Crippen LogP contribution in [0, 0.1) is 5.82 Å². The number of sulfonamides is 1. The van der Waals surface area contributed by atoms with Crippen LogP contribution in [-0.4, -0.2) is 33.4 Å². The molecule has 0 aliphatic rings. The first kappa shape index (κ1) is 25.4. The Morgan fingerprint density at radius 2 is 1.62 bits per heavy atom. The van der Waals surface area contributed by atoms with E-state index in [4.69, 9.17) is 16.3 Å². The van der Waals surface area contributed by atoms with Crippen LogP contribution in [0.4, 0.5) is 17.6 Å². The van der Waals surface area contributed by atoms with Crippen molar-refractivity contribution in [3.8, 4) is 5.75 Å². The maximum absolute atomic E-state index is 12.9. The first-order chi connectivity index (χ1) is 14.9. The summed E-state index contributed by atoms with van der Waals surface area (Å²) >= 11 is 5.45. The minimum absolute atomic E-state index is 0.221. The van der Waals surface area contributed by atoms with Crippen LogP contribution >= 0.6 is 11.6 Å². The van der Waals surface area contributed by atoms with E-state index >= 15 is 0 Å². The van der Waals surface area contributed by atoms with Gasteiger partial charge in [0, 0.05) is 13.0 Å². The summed E-state index contributed by atoms with van der Waals surface area (Å²) in [4.78, 5) is 22.6. The lowest BCUT2D eigenvalue weighted by Crippen LogP contribution is -2.44. The Bertz CT molecular complexity index is 1080. The number of nitrogens with one attached hydrogen (secondary N) is 3. The predicted molar refractivity (Wildman–Crippen MR) is 104 cm³/mol. The molecule has 0 aliphatic heterocycles. The second kappa shape index (κ2) is 10.6. The number of carbonyl (C=O) groups excluding carboxylic acids is 2. The molecule has 0 atom stereocenters. The van der Waals surface area contributed by atoms with E-state index in [0.717, 1.165) is 24.3 Å². The minimum Gasteiger partial charge on any atom is -0.484 e. The molecule has 2 aromatic rings. The smallest absolute Gasteiger partial charge is 0.417 e. The predicted octanol–water partition coefficient (Wildman–Crippen LogP) is 2.39. The van der Waals surface area contributed by atoms with Gasteiger partial charge in [-0.3, -0.25) is 20.4 Å². The highest BCUT2D eigenvalue weighted by Gasteiger charge is 2.34. The maximum Gasteiger partial charge on any atom is 0.417 e. The molecule has 2 aromatic carbocycles. The fraction of sp³-hybridized carbons (Fsp3) is 0.222. The van der Waals surface area contributed by atoms with Crippen molar-refractivity contribution in [1.82, 2.24) is 15.6 Å². The number of hydrogen-bond donors (Lipinski definition) is 3. The van der Waals surface area contributed by atoms with Crippen LogP contribution in [0.5, 0.6) is 5.75 Å². The molecule has 14 heteroatoms. The van der Waals surface area contributed by atoms with Gasteiger partial charge < -0.3 is 4.74 Å². The van der Waals surface area contributed by atoms with Gasteiger partial charge in [0.1, 0.15) is 11.6 Å². The molecule has 174 valence electrons. The molecule has 2 amide bonds. The number of ether oxygens (including phenoxy) is 1. The molecule has 0 aliphatic carbocycles. The number of hydrogen-bond acceptors (Lipinski definition) is 5. The summed E-state index contributed by atoms with van der Waals surface area (Å²) < 4.78 is 82.7. The molecule has 0 saturated carbocycles. The van der Waals surface area contributed by atoms with E-state index < -0.39 is 68.9 Å². The summed E-state index contributed by atoms with van der Waals surface area (Å²) in [5, 5.41) is -0.657. The second-order valence-electron chi connectivity index (χ2n) is 6.13. The van der Waals surface area contributed by atoms with Gasteiger partial charge in [0.05, 0.1) is 15.5 Å². The molecule has 0 fully saturated rings. The average Bonchev–Trinajstić information content (AvgIpc) is 2.71. The largest absolute Gasteiger partial charge is 0.484 e. The zero-order chi connectivity index (χ0) is 23.9. The standard InChI is InChI=1S/C18H16ClF4N3O5S/c19-15-6-5-13(9-14(15)18(21,22)23)32(29,30)24-8-7-16(27)25-26-17(28)10-31-12-3-1-11(20)2-4-12/h1-6,9,24H,7-8,10H2,(H,25,27)(H,26,28). The molecule has 3 N–H and O–H groups in total. The SMILES string of the molecule is O=C(CCNS(=O)(=O)c1ccc(Cl)c(C(F)(F)F)c1)NNC(=O)COc1ccc(F)cc1. The first-order valence-corrected chi connectivity index (χ1v) is 10.6. The molecular formula is C18H16ClF4N3O5S. The molecule has 0 spiro atoms. The molecule has 2 rings (SSSR count). The van der Waals surface area contributed by atoms with Crippen molar-refractivity contribution in [2.75, 3.05) is 13.2 Å². The van der Waals surface area contributed by atoms with Crippen molar-refractivity contribution in [1.29, 1.82) is 0 Å². The van der Waals surface area contributed by atoms with Gasteiger partial charge in [0.25, 0.3) is 5.91 Å². The topological polar surface area (TPSA) is 114 Å². The minimum atomic E-state index is -4.85. The Labute approximate surface area is 184 Å². The number of rotatable bonds is 8. The summed E-state index contributed by atoms with van der Waals surface area (Å²) in [6.45, 7) is -0.948. The highest BCUT2D eigenvalue weighted by atomic mass is 35.5. The third kappa shape index (κ3) is 7.66. The molecule has 32 heavy (non-hydrogen) atoms. The van der Waals surface area contributed by atoms with Crippen molar-refractivity contribution in [2.24, 2.45) is 0 Å². The molecule has 8 nitrogen and oxygen atoms in total. The van der Waals surface area contributed by atoms with E-state index in [2.05, 4.69) is 0 Å². The monoisotopic (exact) mass is 497 g/mol. The van der Waals surface area contributed by atoms with Gasteiger partial charge in [0.2, 0.25) is 15.9 Å². The van der Waals surface area contributed by atoms with Crippen molar-refractivity contribution < 1.29 is 40.3 Å². The van der Waals surface area contributed by atoms with Gasteiger partial charge >= 0.3 is 6.18 Å². The van der Waals surface area contributed by atoms with Crippen LogP contribution in [0.3, 0.4) is 0 Å². The van der Waals surface area contributed by atoms with Crippen LogP contribution in [0.15, 0.2) is 47.4 Å². The summed E-state index contributed by atoms with van der Waals surface area (Å²) in [6.07, 6.45) is -5.28. The number of amides is 2. The highest BCUT2D eigenvalue weighted by Crippen LogP contribution is 2.35. The highest BCUT2D eigenvalue weighted by molar-refractivity contribution is 7.89.